The van der Waals surface area contributed by atoms with Gasteiger partial charge in [-0.05, 0) is 12.1 Å². The van der Waals surface area contributed by atoms with Crippen molar-refractivity contribution in [2.24, 2.45) is 5.92 Å². The van der Waals surface area contributed by atoms with Crippen LogP contribution < -0.4 is 0 Å². The minimum absolute atomic E-state index is 0.412. The van der Waals surface area contributed by atoms with E-state index in [0.717, 1.165) is 16.7 Å². The summed E-state index contributed by atoms with van der Waals surface area (Å²) >= 11 is 0. The molecule has 0 unspecified atom stereocenters. The maximum Gasteiger partial charge on any atom is 0.306 e. The third-order valence-electron chi connectivity index (χ3n) is 2.41. The minimum atomic E-state index is -0.796. The normalized spacial score (nSPS) is 12.9. The van der Waals surface area contributed by atoms with Crippen LogP contribution in [0, 0.1) is 5.92 Å². The van der Waals surface area contributed by atoms with Crippen molar-refractivity contribution in [2.45, 2.75) is 13.3 Å². The summed E-state index contributed by atoms with van der Waals surface area (Å²) in [6.07, 6.45) is 0.435. The lowest BCUT2D eigenvalue weighted by Crippen LogP contribution is -2.11. The SMILES string of the molecule is C[C@H](Cc1cc2ccccc2o1)C(=O)O. The molecule has 3 heteroatoms. The molecule has 2 rings (SSSR count). The highest BCUT2D eigenvalue weighted by Gasteiger charge is 2.14. The Morgan fingerprint density at radius 3 is 2.87 bits per heavy atom. The molecule has 0 amide bonds. The first-order valence-corrected chi connectivity index (χ1v) is 4.87. The lowest BCUT2D eigenvalue weighted by molar-refractivity contribution is -0.141. The molecule has 1 N–H and O–H groups in total. The predicted molar refractivity (Wildman–Crippen MR) is 56.7 cm³/mol. The van der Waals surface area contributed by atoms with Gasteiger partial charge in [0.25, 0.3) is 0 Å². The van der Waals surface area contributed by atoms with Crippen LogP contribution in [-0.2, 0) is 11.2 Å². The van der Waals surface area contributed by atoms with Crippen LogP contribution in [-0.4, -0.2) is 11.1 Å². The second-order valence-corrected chi connectivity index (χ2v) is 3.69. The maximum absolute atomic E-state index is 10.7. The number of carboxylic acids is 1. The Balaban J connectivity index is 2.26. The fourth-order valence-electron chi connectivity index (χ4n) is 1.53. The number of para-hydroxylation sites is 1. The van der Waals surface area contributed by atoms with Gasteiger partial charge in [0.05, 0.1) is 5.92 Å². The number of carbonyl (C=O) groups is 1. The Hall–Kier alpha value is -1.77. The number of benzene rings is 1. The Morgan fingerprint density at radius 2 is 2.20 bits per heavy atom. The van der Waals surface area contributed by atoms with Crippen LogP contribution in [0.3, 0.4) is 0 Å². The van der Waals surface area contributed by atoms with Gasteiger partial charge in [-0.1, -0.05) is 25.1 Å². The van der Waals surface area contributed by atoms with Crippen LogP contribution in [0.5, 0.6) is 0 Å². The Labute approximate surface area is 87.3 Å². The monoisotopic (exact) mass is 204 g/mol. The highest BCUT2D eigenvalue weighted by Crippen LogP contribution is 2.20. The van der Waals surface area contributed by atoms with Crippen molar-refractivity contribution >= 4 is 16.9 Å². The molecule has 0 aliphatic heterocycles. The molecule has 0 fully saturated rings. The van der Waals surface area contributed by atoms with Gasteiger partial charge < -0.3 is 9.52 Å². The topological polar surface area (TPSA) is 50.4 Å². The molecule has 1 heterocycles. The maximum atomic E-state index is 10.7. The first-order chi connectivity index (χ1) is 7.16. The zero-order chi connectivity index (χ0) is 10.8. The molecule has 2 aromatic rings. The average Bonchev–Trinajstić information content (AvgIpc) is 2.59. The van der Waals surface area contributed by atoms with E-state index >= 15 is 0 Å². The fourth-order valence-corrected chi connectivity index (χ4v) is 1.53. The molecule has 1 aromatic heterocycles. The molecule has 0 bridgehead atoms. The van der Waals surface area contributed by atoms with E-state index in [4.69, 9.17) is 9.52 Å². The Morgan fingerprint density at radius 1 is 1.47 bits per heavy atom. The molecule has 0 radical (unpaired) electrons. The molecule has 0 aliphatic carbocycles. The first-order valence-electron chi connectivity index (χ1n) is 4.87. The molecular formula is C12H12O3. The van der Waals surface area contributed by atoms with Gasteiger partial charge in [-0.25, -0.2) is 0 Å². The van der Waals surface area contributed by atoms with Gasteiger partial charge in [0.15, 0.2) is 0 Å². The van der Waals surface area contributed by atoms with E-state index in [1.165, 1.54) is 0 Å². The first kappa shape index (κ1) is 9.77. The fraction of sp³-hybridized carbons (Fsp3) is 0.250. The summed E-state index contributed by atoms with van der Waals surface area (Å²) < 4.78 is 5.53. The summed E-state index contributed by atoms with van der Waals surface area (Å²) in [7, 11) is 0. The molecule has 15 heavy (non-hydrogen) atoms. The van der Waals surface area contributed by atoms with E-state index in [9.17, 15) is 4.79 Å². The molecule has 0 saturated heterocycles. The van der Waals surface area contributed by atoms with Crippen molar-refractivity contribution in [3.8, 4) is 0 Å². The number of fused-ring (bicyclic) bond motifs is 1. The Bertz CT molecular complexity index is 451. The third kappa shape index (κ3) is 2.01. The number of furan rings is 1. The van der Waals surface area contributed by atoms with Crippen molar-refractivity contribution in [3.05, 3.63) is 36.1 Å². The van der Waals surface area contributed by atoms with Crippen molar-refractivity contribution < 1.29 is 14.3 Å². The lowest BCUT2D eigenvalue weighted by atomic mass is 10.1. The number of hydrogen-bond donors (Lipinski definition) is 1. The van der Waals surface area contributed by atoms with Gasteiger partial charge in [-0.3, -0.25) is 4.79 Å². The van der Waals surface area contributed by atoms with Gasteiger partial charge in [0.1, 0.15) is 11.3 Å². The highest BCUT2D eigenvalue weighted by atomic mass is 16.4. The van der Waals surface area contributed by atoms with Crippen LogP contribution in [0.2, 0.25) is 0 Å². The van der Waals surface area contributed by atoms with Crippen molar-refractivity contribution in [1.82, 2.24) is 0 Å². The van der Waals surface area contributed by atoms with Gasteiger partial charge >= 0.3 is 5.97 Å². The second kappa shape index (κ2) is 3.77. The molecule has 1 atom stereocenters. The molecule has 0 saturated carbocycles. The third-order valence-corrected chi connectivity index (χ3v) is 2.41. The zero-order valence-electron chi connectivity index (χ0n) is 8.43. The minimum Gasteiger partial charge on any atom is -0.481 e. The van der Waals surface area contributed by atoms with Crippen molar-refractivity contribution in [1.29, 1.82) is 0 Å². The van der Waals surface area contributed by atoms with Gasteiger partial charge in [0, 0.05) is 11.8 Å². The van der Waals surface area contributed by atoms with Gasteiger partial charge in [-0.15, -0.1) is 0 Å². The molecule has 3 nitrogen and oxygen atoms in total. The van der Waals surface area contributed by atoms with Crippen LogP contribution in [0.4, 0.5) is 0 Å². The van der Waals surface area contributed by atoms with E-state index in [2.05, 4.69) is 0 Å². The molecular weight excluding hydrogens is 192 g/mol. The highest BCUT2D eigenvalue weighted by molar-refractivity contribution is 5.78. The summed E-state index contributed by atoms with van der Waals surface area (Å²) in [5.41, 5.74) is 0.810. The molecule has 0 aliphatic rings. The molecule has 0 spiro atoms. The zero-order valence-corrected chi connectivity index (χ0v) is 8.43. The summed E-state index contributed by atoms with van der Waals surface area (Å²) in [6, 6.07) is 9.56. The standard InChI is InChI=1S/C12H12O3/c1-8(12(13)14)6-10-7-9-4-2-3-5-11(9)15-10/h2-5,7-8H,6H2,1H3,(H,13,14)/t8-/m1/s1. The number of hydrogen-bond acceptors (Lipinski definition) is 2. The van der Waals surface area contributed by atoms with Gasteiger partial charge in [-0.2, -0.15) is 0 Å². The lowest BCUT2D eigenvalue weighted by Gasteiger charge is -2.01. The second-order valence-electron chi connectivity index (χ2n) is 3.69. The summed E-state index contributed by atoms with van der Waals surface area (Å²) in [5.74, 6) is -0.480. The molecule has 1 aromatic carbocycles. The summed E-state index contributed by atoms with van der Waals surface area (Å²) in [6.45, 7) is 1.68. The number of aliphatic carboxylic acids is 1. The van der Waals surface area contributed by atoms with E-state index < -0.39 is 11.9 Å². The van der Waals surface area contributed by atoms with E-state index in [0.29, 0.717) is 6.42 Å². The number of rotatable bonds is 3. The average molecular weight is 204 g/mol. The van der Waals surface area contributed by atoms with Crippen LogP contribution >= 0.6 is 0 Å². The van der Waals surface area contributed by atoms with Crippen LogP contribution in [0.15, 0.2) is 34.7 Å². The van der Waals surface area contributed by atoms with Crippen LogP contribution in [0.25, 0.3) is 11.0 Å². The van der Waals surface area contributed by atoms with Crippen LogP contribution in [0.1, 0.15) is 12.7 Å². The smallest absolute Gasteiger partial charge is 0.306 e. The van der Waals surface area contributed by atoms with E-state index in [-0.39, 0.29) is 0 Å². The van der Waals surface area contributed by atoms with E-state index in [1.54, 1.807) is 6.92 Å². The Kier molecular flexibility index (Phi) is 2.46. The quantitative estimate of drug-likeness (QED) is 0.836. The summed E-state index contributed by atoms with van der Waals surface area (Å²) in [5, 5.41) is 9.80. The van der Waals surface area contributed by atoms with Gasteiger partial charge in [0.2, 0.25) is 0 Å². The van der Waals surface area contributed by atoms with Crippen molar-refractivity contribution in [3.63, 3.8) is 0 Å². The predicted octanol–water partition coefficient (Wildman–Crippen LogP) is 2.70. The molecule has 78 valence electrons. The largest absolute Gasteiger partial charge is 0.481 e. The number of carboxylic acid groups (broad SMARTS) is 1. The van der Waals surface area contributed by atoms with Crippen molar-refractivity contribution in [2.75, 3.05) is 0 Å². The summed E-state index contributed by atoms with van der Waals surface area (Å²) in [4.78, 5) is 10.7. The van der Waals surface area contributed by atoms with E-state index in [1.807, 2.05) is 30.3 Å².